The molecule has 0 aromatic heterocycles. The van der Waals surface area contributed by atoms with Crippen LogP contribution in [-0.2, 0) is 4.74 Å². The topological polar surface area (TPSA) is 21.3 Å². The predicted octanol–water partition coefficient (Wildman–Crippen LogP) is 4.34. The number of ether oxygens (including phenoxy) is 1. The van der Waals surface area contributed by atoms with Gasteiger partial charge in [0.05, 0.1) is 6.61 Å². The van der Waals surface area contributed by atoms with Gasteiger partial charge in [-0.05, 0) is 56.0 Å². The zero-order valence-electron chi connectivity index (χ0n) is 12.1. The Labute approximate surface area is 135 Å². The number of benzene rings is 1. The van der Waals surface area contributed by atoms with Crippen LogP contribution in [0.2, 0.25) is 0 Å². The van der Waals surface area contributed by atoms with Gasteiger partial charge in [-0.3, -0.25) is 0 Å². The number of thioether (sulfide) groups is 1. The summed E-state index contributed by atoms with van der Waals surface area (Å²) in [6.07, 6.45) is 3.69. The highest BCUT2D eigenvalue weighted by Crippen LogP contribution is 2.25. The van der Waals surface area contributed by atoms with Crippen molar-refractivity contribution in [1.29, 1.82) is 0 Å². The summed E-state index contributed by atoms with van der Waals surface area (Å²) in [6.45, 7) is 5.19. The minimum Gasteiger partial charge on any atom is -0.381 e. The SMILES string of the molecule is CCCNC(CSc1ccc(Br)cc1)C1CCCOC1. The zero-order valence-corrected chi connectivity index (χ0v) is 14.5. The fraction of sp³-hybridized carbons (Fsp3) is 0.625. The Balaban J connectivity index is 1.87. The van der Waals surface area contributed by atoms with Crippen LogP contribution in [0.4, 0.5) is 0 Å². The molecule has 0 bridgehead atoms. The van der Waals surface area contributed by atoms with Crippen LogP contribution in [0.1, 0.15) is 26.2 Å². The number of hydrogen-bond acceptors (Lipinski definition) is 3. The van der Waals surface area contributed by atoms with Gasteiger partial charge in [0.1, 0.15) is 0 Å². The molecule has 1 saturated heterocycles. The average Bonchev–Trinajstić information content (AvgIpc) is 2.50. The van der Waals surface area contributed by atoms with Crippen LogP contribution >= 0.6 is 27.7 Å². The van der Waals surface area contributed by atoms with Gasteiger partial charge in [-0.2, -0.15) is 0 Å². The van der Waals surface area contributed by atoms with E-state index in [2.05, 4.69) is 52.4 Å². The highest BCUT2D eigenvalue weighted by Gasteiger charge is 2.23. The highest BCUT2D eigenvalue weighted by molar-refractivity contribution is 9.10. The number of rotatable bonds is 7. The summed E-state index contributed by atoms with van der Waals surface area (Å²) in [5.74, 6) is 1.79. The molecule has 1 N–H and O–H groups in total. The smallest absolute Gasteiger partial charge is 0.0509 e. The second-order valence-electron chi connectivity index (χ2n) is 5.30. The summed E-state index contributed by atoms with van der Waals surface area (Å²) >= 11 is 5.43. The lowest BCUT2D eigenvalue weighted by atomic mass is 9.95. The van der Waals surface area contributed by atoms with Crippen molar-refractivity contribution in [2.24, 2.45) is 5.92 Å². The molecule has 1 fully saturated rings. The maximum absolute atomic E-state index is 5.66. The number of nitrogens with one attached hydrogen (secondary N) is 1. The second-order valence-corrected chi connectivity index (χ2v) is 7.31. The molecule has 1 aliphatic rings. The van der Waals surface area contributed by atoms with Gasteiger partial charge in [-0.1, -0.05) is 22.9 Å². The Morgan fingerprint density at radius 2 is 2.20 bits per heavy atom. The predicted molar refractivity (Wildman–Crippen MR) is 90.5 cm³/mol. The molecule has 1 aromatic carbocycles. The van der Waals surface area contributed by atoms with E-state index in [1.807, 2.05) is 11.8 Å². The fourth-order valence-electron chi connectivity index (χ4n) is 2.49. The van der Waals surface area contributed by atoms with E-state index in [9.17, 15) is 0 Å². The van der Waals surface area contributed by atoms with Gasteiger partial charge in [0.25, 0.3) is 0 Å². The Kier molecular flexibility index (Phi) is 7.42. The molecule has 0 spiro atoms. The molecular weight excluding hydrogens is 334 g/mol. The Hall–Kier alpha value is -0.0300. The molecule has 0 aliphatic carbocycles. The van der Waals surface area contributed by atoms with Crippen molar-refractivity contribution in [2.45, 2.75) is 37.1 Å². The molecule has 2 rings (SSSR count). The van der Waals surface area contributed by atoms with E-state index >= 15 is 0 Å². The Morgan fingerprint density at radius 1 is 1.40 bits per heavy atom. The summed E-state index contributed by atoms with van der Waals surface area (Å²) in [4.78, 5) is 1.34. The summed E-state index contributed by atoms with van der Waals surface area (Å²) in [5.41, 5.74) is 0. The first-order valence-electron chi connectivity index (χ1n) is 7.49. The van der Waals surface area contributed by atoms with Gasteiger partial charge in [0, 0.05) is 27.8 Å². The molecular formula is C16H24BrNOS. The van der Waals surface area contributed by atoms with Gasteiger partial charge < -0.3 is 10.1 Å². The van der Waals surface area contributed by atoms with Crippen LogP contribution in [0.15, 0.2) is 33.6 Å². The van der Waals surface area contributed by atoms with Crippen LogP contribution in [0.25, 0.3) is 0 Å². The first-order chi connectivity index (χ1) is 9.79. The zero-order chi connectivity index (χ0) is 14.2. The second kappa shape index (κ2) is 9.08. The molecule has 20 heavy (non-hydrogen) atoms. The van der Waals surface area contributed by atoms with Crippen molar-refractivity contribution >= 4 is 27.7 Å². The van der Waals surface area contributed by atoms with E-state index in [4.69, 9.17) is 4.74 Å². The van der Waals surface area contributed by atoms with Crippen LogP contribution in [0.3, 0.4) is 0 Å². The first kappa shape index (κ1) is 16.3. The van der Waals surface area contributed by atoms with E-state index in [0.29, 0.717) is 12.0 Å². The first-order valence-corrected chi connectivity index (χ1v) is 9.27. The van der Waals surface area contributed by atoms with Crippen molar-refractivity contribution in [1.82, 2.24) is 5.32 Å². The van der Waals surface area contributed by atoms with Crippen molar-refractivity contribution in [3.63, 3.8) is 0 Å². The lowest BCUT2D eigenvalue weighted by Crippen LogP contribution is -2.42. The minimum atomic E-state index is 0.559. The lowest BCUT2D eigenvalue weighted by Gasteiger charge is -2.31. The van der Waals surface area contributed by atoms with Crippen molar-refractivity contribution in [3.05, 3.63) is 28.7 Å². The molecule has 0 saturated carbocycles. The van der Waals surface area contributed by atoms with E-state index < -0.39 is 0 Å². The molecule has 1 aromatic rings. The van der Waals surface area contributed by atoms with E-state index in [-0.39, 0.29) is 0 Å². The molecule has 2 nitrogen and oxygen atoms in total. The van der Waals surface area contributed by atoms with Crippen molar-refractivity contribution in [2.75, 3.05) is 25.5 Å². The van der Waals surface area contributed by atoms with Crippen LogP contribution in [-0.4, -0.2) is 31.6 Å². The molecule has 1 aliphatic heterocycles. The monoisotopic (exact) mass is 357 g/mol. The molecule has 1 heterocycles. The summed E-state index contributed by atoms with van der Waals surface area (Å²) in [5, 5.41) is 3.71. The van der Waals surface area contributed by atoms with Gasteiger partial charge in [0.15, 0.2) is 0 Å². The molecule has 0 radical (unpaired) electrons. The Bertz CT molecular complexity index is 379. The van der Waals surface area contributed by atoms with Crippen LogP contribution < -0.4 is 5.32 Å². The molecule has 0 amide bonds. The van der Waals surface area contributed by atoms with Gasteiger partial charge in [-0.15, -0.1) is 11.8 Å². The molecule has 4 heteroatoms. The molecule has 112 valence electrons. The maximum Gasteiger partial charge on any atom is 0.0509 e. The summed E-state index contributed by atoms with van der Waals surface area (Å²) in [6, 6.07) is 9.15. The van der Waals surface area contributed by atoms with Crippen molar-refractivity contribution < 1.29 is 4.74 Å². The summed E-state index contributed by atoms with van der Waals surface area (Å²) in [7, 11) is 0. The quantitative estimate of drug-likeness (QED) is 0.733. The normalized spacial score (nSPS) is 20.8. The van der Waals surface area contributed by atoms with Crippen molar-refractivity contribution in [3.8, 4) is 0 Å². The number of halogens is 1. The number of hydrogen-bond donors (Lipinski definition) is 1. The van der Waals surface area contributed by atoms with E-state index in [1.54, 1.807) is 0 Å². The third-order valence-electron chi connectivity index (χ3n) is 3.66. The van der Waals surface area contributed by atoms with Gasteiger partial charge in [0.2, 0.25) is 0 Å². The van der Waals surface area contributed by atoms with E-state index in [0.717, 1.165) is 30.0 Å². The Morgan fingerprint density at radius 3 is 2.85 bits per heavy atom. The highest BCUT2D eigenvalue weighted by atomic mass is 79.9. The minimum absolute atomic E-state index is 0.559. The fourth-order valence-corrected chi connectivity index (χ4v) is 3.85. The average molecular weight is 358 g/mol. The molecule has 2 atom stereocenters. The van der Waals surface area contributed by atoms with Crippen LogP contribution in [0.5, 0.6) is 0 Å². The third-order valence-corrected chi connectivity index (χ3v) is 5.32. The van der Waals surface area contributed by atoms with Crippen LogP contribution in [0, 0.1) is 5.92 Å². The maximum atomic E-state index is 5.66. The van der Waals surface area contributed by atoms with Gasteiger partial charge in [-0.25, -0.2) is 0 Å². The van der Waals surface area contributed by atoms with Gasteiger partial charge >= 0.3 is 0 Å². The largest absolute Gasteiger partial charge is 0.381 e. The summed E-state index contributed by atoms with van der Waals surface area (Å²) < 4.78 is 6.80. The van der Waals surface area contributed by atoms with E-state index in [1.165, 1.54) is 24.2 Å². The third kappa shape index (κ3) is 5.40. The standard InChI is InChI=1S/C16H24BrNOS/c1-2-9-18-16(13-4-3-10-19-11-13)12-20-15-7-5-14(17)6-8-15/h5-8,13,16,18H,2-4,9-12H2,1H3. The lowest BCUT2D eigenvalue weighted by molar-refractivity contribution is 0.0427. The molecule has 2 unspecified atom stereocenters.